The number of aryl methyl sites for hydroxylation is 1. The fraction of sp³-hybridized carbons (Fsp3) is 0.667. The summed E-state index contributed by atoms with van der Waals surface area (Å²) in [5.41, 5.74) is 1.17. The fourth-order valence-corrected chi connectivity index (χ4v) is 3.07. The van der Waals surface area contributed by atoms with Crippen molar-refractivity contribution in [3.63, 3.8) is 0 Å². The van der Waals surface area contributed by atoms with Crippen LogP contribution in [0.2, 0.25) is 0 Å². The lowest BCUT2D eigenvalue weighted by molar-refractivity contribution is 0.255. The van der Waals surface area contributed by atoms with Gasteiger partial charge in [0, 0.05) is 24.3 Å². The van der Waals surface area contributed by atoms with E-state index in [4.69, 9.17) is 0 Å². The molecule has 0 spiro atoms. The van der Waals surface area contributed by atoms with Crippen LogP contribution in [0, 0.1) is 12.8 Å². The third-order valence-corrected chi connectivity index (χ3v) is 4.24. The number of aromatic nitrogens is 1. The summed E-state index contributed by atoms with van der Waals surface area (Å²) < 4.78 is 1.90. The molecule has 0 saturated heterocycles. The normalized spacial score (nSPS) is 18.8. The maximum absolute atomic E-state index is 11.9. The molecule has 1 aromatic heterocycles. The molecule has 1 unspecified atom stereocenters. The Morgan fingerprint density at radius 3 is 2.67 bits per heavy atom. The molecule has 0 radical (unpaired) electrons. The smallest absolute Gasteiger partial charge is 0.250 e. The van der Waals surface area contributed by atoms with Gasteiger partial charge in [-0.15, -0.1) is 0 Å². The topological polar surface area (TPSA) is 34.0 Å². The van der Waals surface area contributed by atoms with E-state index in [0.29, 0.717) is 6.04 Å². The van der Waals surface area contributed by atoms with Crippen molar-refractivity contribution in [1.29, 1.82) is 0 Å². The Morgan fingerprint density at radius 1 is 1.33 bits per heavy atom. The van der Waals surface area contributed by atoms with Crippen LogP contribution in [-0.2, 0) is 6.54 Å². The van der Waals surface area contributed by atoms with Gasteiger partial charge in [0.05, 0.1) is 0 Å². The van der Waals surface area contributed by atoms with Gasteiger partial charge in [0.2, 0.25) is 0 Å². The predicted octanol–water partition coefficient (Wildman–Crippen LogP) is 2.33. The number of pyridine rings is 1. The van der Waals surface area contributed by atoms with Gasteiger partial charge in [-0.05, 0) is 38.8 Å². The van der Waals surface area contributed by atoms with E-state index in [2.05, 4.69) is 5.32 Å². The van der Waals surface area contributed by atoms with Crippen molar-refractivity contribution in [3.8, 4) is 0 Å². The molecule has 18 heavy (non-hydrogen) atoms. The van der Waals surface area contributed by atoms with E-state index < -0.39 is 0 Å². The molecular formula is C15H24N2O. The maximum atomic E-state index is 11.9. The van der Waals surface area contributed by atoms with Crippen molar-refractivity contribution in [2.45, 2.75) is 51.6 Å². The molecule has 1 heterocycles. The second-order valence-electron chi connectivity index (χ2n) is 5.41. The van der Waals surface area contributed by atoms with Crippen molar-refractivity contribution in [2.24, 2.45) is 5.92 Å². The molecule has 1 aliphatic carbocycles. The average molecular weight is 248 g/mol. The number of hydrogen-bond acceptors (Lipinski definition) is 2. The first-order chi connectivity index (χ1) is 8.72. The number of nitrogens with one attached hydrogen (secondary N) is 1. The Balaban J connectivity index is 2.12. The van der Waals surface area contributed by atoms with Gasteiger partial charge in [-0.25, -0.2) is 0 Å². The summed E-state index contributed by atoms with van der Waals surface area (Å²) in [5, 5.41) is 3.41. The molecule has 0 aromatic carbocycles. The van der Waals surface area contributed by atoms with Gasteiger partial charge in [-0.1, -0.05) is 25.3 Å². The molecule has 3 nitrogen and oxygen atoms in total. The Labute approximate surface area is 109 Å². The highest BCUT2D eigenvalue weighted by Gasteiger charge is 2.23. The van der Waals surface area contributed by atoms with Gasteiger partial charge in [0.1, 0.15) is 0 Å². The molecule has 1 N–H and O–H groups in total. The predicted molar refractivity (Wildman–Crippen MR) is 74.9 cm³/mol. The van der Waals surface area contributed by atoms with Crippen molar-refractivity contribution >= 4 is 0 Å². The van der Waals surface area contributed by atoms with E-state index in [-0.39, 0.29) is 5.56 Å². The van der Waals surface area contributed by atoms with Crippen LogP contribution in [-0.4, -0.2) is 17.7 Å². The standard InChI is InChI=1S/C15H24N2O/c1-12-7-6-10-15(18)17(12)11-14(16-2)13-8-4-3-5-9-13/h6-7,10,13-14,16H,3-5,8-9,11H2,1-2H3. The third-order valence-electron chi connectivity index (χ3n) is 4.24. The summed E-state index contributed by atoms with van der Waals surface area (Å²) in [7, 11) is 2.02. The zero-order valence-corrected chi connectivity index (χ0v) is 11.5. The molecule has 2 rings (SSSR count). The monoisotopic (exact) mass is 248 g/mol. The molecule has 3 heteroatoms. The first-order valence-corrected chi connectivity index (χ1v) is 7.06. The summed E-state index contributed by atoms with van der Waals surface area (Å²) in [6.45, 7) is 2.81. The van der Waals surface area contributed by atoms with Crippen LogP contribution < -0.4 is 10.9 Å². The molecule has 0 bridgehead atoms. The van der Waals surface area contributed by atoms with Crippen molar-refractivity contribution in [1.82, 2.24) is 9.88 Å². The average Bonchev–Trinajstić information content (AvgIpc) is 2.40. The van der Waals surface area contributed by atoms with Gasteiger partial charge < -0.3 is 9.88 Å². The summed E-state index contributed by atoms with van der Waals surface area (Å²) in [4.78, 5) is 11.9. The highest BCUT2D eigenvalue weighted by molar-refractivity contribution is 5.05. The van der Waals surface area contributed by atoms with Gasteiger partial charge in [0.25, 0.3) is 5.56 Å². The second-order valence-corrected chi connectivity index (χ2v) is 5.41. The van der Waals surface area contributed by atoms with E-state index >= 15 is 0 Å². The van der Waals surface area contributed by atoms with Gasteiger partial charge in [-0.2, -0.15) is 0 Å². The van der Waals surface area contributed by atoms with Crippen LogP contribution in [0.4, 0.5) is 0 Å². The minimum absolute atomic E-state index is 0.117. The van der Waals surface area contributed by atoms with Crippen LogP contribution in [0.5, 0.6) is 0 Å². The van der Waals surface area contributed by atoms with E-state index in [1.165, 1.54) is 32.1 Å². The van der Waals surface area contributed by atoms with E-state index in [1.807, 2.05) is 30.7 Å². The zero-order chi connectivity index (χ0) is 13.0. The quantitative estimate of drug-likeness (QED) is 0.887. The fourth-order valence-electron chi connectivity index (χ4n) is 3.07. The SMILES string of the molecule is CNC(Cn1c(C)cccc1=O)C1CCCCC1. The van der Waals surface area contributed by atoms with Crippen LogP contribution in [0.25, 0.3) is 0 Å². The number of likely N-dealkylation sites (N-methyl/N-ethyl adjacent to an activating group) is 1. The van der Waals surface area contributed by atoms with Crippen LogP contribution in [0.15, 0.2) is 23.0 Å². The Kier molecular flexibility index (Phi) is 4.59. The minimum Gasteiger partial charge on any atom is -0.315 e. The van der Waals surface area contributed by atoms with Gasteiger partial charge in [-0.3, -0.25) is 4.79 Å². The molecule has 1 aliphatic rings. The lowest BCUT2D eigenvalue weighted by atomic mass is 9.84. The summed E-state index contributed by atoms with van der Waals surface area (Å²) >= 11 is 0. The highest BCUT2D eigenvalue weighted by atomic mass is 16.1. The van der Waals surface area contributed by atoms with Gasteiger partial charge in [0.15, 0.2) is 0 Å². The van der Waals surface area contributed by atoms with Gasteiger partial charge >= 0.3 is 0 Å². The largest absolute Gasteiger partial charge is 0.315 e. The molecule has 0 amide bonds. The molecule has 1 fully saturated rings. The summed E-state index contributed by atoms with van der Waals surface area (Å²) in [6, 6.07) is 5.92. The van der Waals surface area contributed by atoms with E-state index in [9.17, 15) is 4.79 Å². The Bertz CT molecular complexity index is 432. The summed E-state index contributed by atoms with van der Waals surface area (Å²) in [6.07, 6.45) is 6.65. The Hall–Kier alpha value is -1.09. The molecular weight excluding hydrogens is 224 g/mol. The molecule has 0 aliphatic heterocycles. The molecule has 100 valence electrons. The van der Waals surface area contributed by atoms with Crippen LogP contribution >= 0.6 is 0 Å². The number of rotatable bonds is 4. The molecule has 1 saturated carbocycles. The summed E-state index contributed by atoms with van der Waals surface area (Å²) in [5.74, 6) is 0.718. The third kappa shape index (κ3) is 3.02. The number of nitrogens with zero attached hydrogens (tertiary/aromatic N) is 1. The lowest BCUT2D eigenvalue weighted by Gasteiger charge is -2.30. The first kappa shape index (κ1) is 13.3. The maximum Gasteiger partial charge on any atom is 0.250 e. The van der Waals surface area contributed by atoms with Crippen molar-refractivity contribution < 1.29 is 0 Å². The van der Waals surface area contributed by atoms with Crippen LogP contribution in [0.3, 0.4) is 0 Å². The van der Waals surface area contributed by atoms with E-state index in [0.717, 1.165) is 18.2 Å². The van der Waals surface area contributed by atoms with Crippen molar-refractivity contribution in [2.75, 3.05) is 7.05 Å². The highest BCUT2D eigenvalue weighted by Crippen LogP contribution is 2.27. The lowest BCUT2D eigenvalue weighted by Crippen LogP contribution is -2.41. The van der Waals surface area contributed by atoms with Crippen LogP contribution in [0.1, 0.15) is 37.8 Å². The zero-order valence-electron chi connectivity index (χ0n) is 11.5. The molecule has 1 aromatic rings. The minimum atomic E-state index is 0.117. The van der Waals surface area contributed by atoms with E-state index in [1.54, 1.807) is 6.07 Å². The van der Waals surface area contributed by atoms with Crippen molar-refractivity contribution in [3.05, 3.63) is 34.2 Å². The second kappa shape index (κ2) is 6.19. The Morgan fingerprint density at radius 2 is 2.06 bits per heavy atom. The first-order valence-electron chi connectivity index (χ1n) is 7.06. The molecule has 1 atom stereocenters. The number of hydrogen-bond donors (Lipinski definition) is 1.